The lowest BCUT2D eigenvalue weighted by Gasteiger charge is -2.39. The van der Waals surface area contributed by atoms with Crippen LogP contribution in [-0.2, 0) is 6.54 Å². The Balaban J connectivity index is 1.71. The molecule has 1 aliphatic rings. The monoisotopic (exact) mass is 336 g/mol. The van der Waals surface area contributed by atoms with Crippen molar-refractivity contribution in [2.45, 2.75) is 38.5 Å². The van der Waals surface area contributed by atoms with Crippen LogP contribution < -0.4 is 5.32 Å². The minimum absolute atomic E-state index is 0.109. The number of nitrogens with one attached hydrogen (secondary N) is 1. The smallest absolute Gasteiger partial charge is 0.322 e. The quantitative estimate of drug-likeness (QED) is 0.873. The highest BCUT2D eigenvalue weighted by Gasteiger charge is 2.36. The molecule has 23 heavy (non-hydrogen) atoms. The molecule has 2 aromatic rings. The molecular weight excluding hydrogens is 319 g/mol. The van der Waals surface area contributed by atoms with E-state index in [4.69, 9.17) is 16.0 Å². The van der Waals surface area contributed by atoms with Gasteiger partial charge in [0.2, 0.25) is 0 Å². The lowest BCUT2D eigenvalue weighted by Crippen LogP contribution is -2.49. The Morgan fingerprint density at radius 3 is 2.57 bits per heavy atom. The summed E-state index contributed by atoms with van der Waals surface area (Å²) >= 11 is 5.84. The van der Waals surface area contributed by atoms with Gasteiger partial charge in [0.05, 0.1) is 6.54 Å². The van der Waals surface area contributed by atoms with Gasteiger partial charge in [0.15, 0.2) is 0 Å². The van der Waals surface area contributed by atoms with Crippen LogP contribution in [0, 0.1) is 6.92 Å². The molecule has 0 spiro atoms. The third kappa shape index (κ3) is 3.85. The topological polar surface area (TPSA) is 45.5 Å². The van der Waals surface area contributed by atoms with Crippen LogP contribution in [0.3, 0.4) is 0 Å². The summed E-state index contributed by atoms with van der Waals surface area (Å²) in [5.41, 5.74) is 0.649. The largest absolute Gasteiger partial charge is 0.464 e. The number of alkyl halides is 1. The van der Waals surface area contributed by atoms with E-state index in [1.807, 2.05) is 19.1 Å². The van der Waals surface area contributed by atoms with Gasteiger partial charge in [-0.2, -0.15) is 0 Å². The van der Waals surface area contributed by atoms with Gasteiger partial charge >= 0.3 is 6.03 Å². The molecule has 0 bridgehead atoms. The first-order chi connectivity index (χ1) is 11.0. The van der Waals surface area contributed by atoms with Crippen molar-refractivity contribution >= 4 is 23.3 Å². The van der Waals surface area contributed by atoms with Crippen molar-refractivity contribution < 1.29 is 13.6 Å². The van der Waals surface area contributed by atoms with Gasteiger partial charge in [0.1, 0.15) is 17.7 Å². The van der Waals surface area contributed by atoms with Crippen molar-refractivity contribution in [3.63, 3.8) is 0 Å². The molecule has 0 unspecified atom stereocenters. The lowest BCUT2D eigenvalue weighted by atomic mass is 9.89. The molecule has 1 aromatic carbocycles. The fourth-order valence-electron chi connectivity index (χ4n) is 2.61. The third-order valence-corrected chi connectivity index (χ3v) is 4.23. The number of benzene rings is 1. The number of hydrogen-bond acceptors (Lipinski definition) is 2. The highest BCUT2D eigenvalue weighted by molar-refractivity contribution is 6.30. The van der Waals surface area contributed by atoms with Gasteiger partial charge in [-0.3, -0.25) is 0 Å². The molecule has 0 aliphatic heterocycles. The number of amides is 2. The number of rotatable bonds is 4. The molecular formula is C17H18ClFN2O2. The lowest BCUT2D eigenvalue weighted by molar-refractivity contribution is 0.0711. The summed E-state index contributed by atoms with van der Waals surface area (Å²) in [7, 11) is 0. The number of halogens is 2. The standard InChI is InChI=1S/C17H18ClFN2O2/c1-11-2-7-16(23-11)10-21(15-8-13(19)9-15)17(22)20-14-5-3-12(18)4-6-14/h2-7,13,15H,8-10H2,1H3,(H,20,22). The van der Waals surface area contributed by atoms with Crippen LogP contribution in [-0.4, -0.2) is 23.1 Å². The molecule has 2 amide bonds. The van der Waals surface area contributed by atoms with Gasteiger partial charge in [-0.15, -0.1) is 0 Å². The number of carbonyl (C=O) groups is 1. The Hall–Kier alpha value is -2.01. The third-order valence-electron chi connectivity index (χ3n) is 3.97. The van der Waals surface area contributed by atoms with E-state index >= 15 is 0 Å². The molecule has 1 N–H and O–H groups in total. The van der Waals surface area contributed by atoms with Crippen LogP contribution in [0.5, 0.6) is 0 Å². The fourth-order valence-corrected chi connectivity index (χ4v) is 2.74. The summed E-state index contributed by atoms with van der Waals surface area (Å²) in [6.45, 7) is 2.17. The molecule has 1 aliphatic carbocycles. The maximum atomic E-state index is 13.2. The van der Waals surface area contributed by atoms with Crippen molar-refractivity contribution in [3.05, 3.63) is 52.9 Å². The SMILES string of the molecule is Cc1ccc(CN(C(=O)Nc2ccc(Cl)cc2)C2CC(F)C2)o1. The number of furan rings is 1. The number of carbonyl (C=O) groups excluding carboxylic acids is 1. The average molecular weight is 337 g/mol. The molecule has 0 saturated heterocycles. The molecule has 0 atom stereocenters. The van der Waals surface area contributed by atoms with Crippen LogP contribution in [0.1, 0.15) is 24.4 Å². The van der Waals surface area contributed by atoms with Gasteiger partial charge in [0, 0.05) is 16.8 Å². The zero-order valence-corrected chi connectivity index (χ0v) is 13.5. The second-order valence-corrected chi connectivity index (χ2v) is 6.24. The average Bonchev–Trinajstić information content (AvgIpc) is 2.89. The van der Waals surface area contributed by atoms with E-state index < -0.39 is 6.17 Å². The first-order valence-corrected chi connectivity index (χ1v) is 7.91. The Morgan fingerprint density at radius 1 is 1.30 bits per heavy atom. The van der Waals surface area contributed by atoms with E-state index in [2.05, 4.69) is 5.32 Å². The van der Waals surface area contributed by atoms with E-state index in [0.717, 1.165) is 5.76 Å². The highest BCUT2D eigenvalue weighted by Crippen LogP contribution is 2.30. The maximum Gasteiger partial charge on any atom is 0.322 e. The maximum absolute atomic E-state index is 13.2. The molecule has 0 radical (unpaired) electrons. The number of nitrogens with zero attached hydrogens (tertiary/aromatic N) is 1. The zero-order valence-electron chi connectivity index (χ0n) is 12.8. The zero-order chi connectivity index (χ0) is 16.4. The minimum Gasteiger partial charge on any atom is -0.464 e. The predicted molar refractivity (Wildman–Crippen MR) is 87.4 cm³/mol. The minimum atomic E-state index is -0.829. The number of aryl methyl sites for hydroxylation is 1. The Morgan fingerprint density at radius 2 is 2.00 bits per heavy atom. The number of hydrogen-bond donors (Lipinski definition) is 1. The first-order valence-electron chi connectivity index (χ1n) is 7.54. The summed E-state index contributed by atoms with van der Waals surface area (Å²) in [6, 6.07) is 10.2. The summed E-state index contributed by atoms with van der Waals surface area (Å²) in [4.78, 5) is 14.2. The van der Waals surface area contributed by atoms with E-state index in [0.29, 0.717) is 35.9 Å². The van der Waals surface area contributed by atoms with Crippen molar-refractivity contribution in [2.75, 3.05) is 5.32 Å². The summed E-state index contributed by atoms with van der Waals surface area (Å²) in [5, 5.41) is 3.43. The number of urea groups is 1. The van der Waals surface area contributed by atoms with E-state index in [9.17, 15) is 9.18 Å². The molecule has 1 aromatic heterocycles. The Labute approximate surface area is 139 Å². The summed E-state index contributed by atoms with van der Waals surface area (Å²) in [5.74, 6) is 1.48. The second-order valence-electron chi connectivity index (χ2n) is 5.80. The van der Waals surface area contributed by atoms with E-state index in [1.165, 1.54) is 0 Å². The molecule has 1 heterocycles. The van der Waals surface area contributed by atoms with Gasteiger partial charge < -0.3 is 14.6 Å². The Kier molecular flexibility index (Phi) is 4.57. The van der Waals surface area contributed by atoms with Crippen LogP contribution in [0.15, 0.2) is 40.8 Å². The van der Waals surface area contributed by atoms with Gasteiger partial charge in [0.25, 0.3) is 0 Å². The van der Waals surface area contributed by atoms with Crippen molar-refractivity contribution in [3.8, 4) is 0 Å². The van der Waals surface area contributed by atoms with Gasteiger partial charge in [-0.1, -0.05) is 11.6 Å². The molecule has 1 saturated carbocycles. The van der Waals surface area contributed by atoms with Crippen LogP contribution in [0.2, 0.25) is 5.02 Å². The second kappa shape index (κ2) is 6.62. The molecule has 6 heteroatoms. The summed E-state index contributed by atoms with van der Waals surface area (Å²) in [6.07, 6.45) is -0.0919. The van der Waals surface area contributed by atoms with Crippen molar-refractivity contribution in [2.24, 2.45) is 0 Å². The molecule has 4 nitrogen and oxygen atoms in total. The predicted octanol–water partition coefficient (Wildman–Crippen LogP) is 4.78. The molecule has 3 rings (SSSR count). The molecule has 122 valence electrons. The van der Waals surface area contributed by atoms with E-state index in [1.54, 1.807) is 29.2 Å². The van der Waals surface area contributed by atoms with Crippen molar-refractivity contribution in [1.29, 1.82) is 0 Å². The van der Waals surface area contributed by atoms with Crippen LogP contribution in [0.4, 0.5) is 14.9 Å². The van der Waals surface area contributed by atoms with Crippen molar-refractivity contribution in [1.82, 2.24) is 4.90 Å². The first kappa shape index (κ1) is 15.9. The van der Waals surface area contributed by atoms with Crippen LogP contribution >= 0.6 is 11.6 Å². The number of anilines is 1. The molecule has 1 fully saturated rings. The fraction of sp³-hybridized carbons (Fsp3) is 0.353. The highest BCUT2D eigenvalue weighted by atomic mass is 35.5. The van der Waals surface area contributed by atoms with Crippen LogP contribution in [0.25, 0.3) is 0 Å². The van der Waals surface area contributed by atoms with Gasteiger partial charge in [-0.05, 0) is 56.2 Å². The van der Waals surface area contributed by atoms with E-state index in [-0.39, 0.29) is 12.1 Å². The Bertz CT molecular complexity index is 680. The summed E-state index contributed by atoms with van der Waals surface area (Å²) < 4.78 is 18.8. The normalized spacial score (nSPS) is 20.0. The van der Waals surface area contributed by atoms with Gasteiger partial charge in [-0.25, -0.2) is 9.18 Å².